The molecule has 1 fully saturated rings. The maximum absolute atomic E-state index is 12.2. The fraction of sp³-hybridized carbons (Fsp3) is 0.381. The molecule has 26 heavy (non-hydrogen) atoms. The number of hydrogen-bond acceptors (Lipinski definition) is 4. The average molecular weight is 350 g/mol. The molecule has 2 aromatic rings. The standard InChI is InChI=1S/C21H26N4O/c1-16(2)18-7-4-17(5-8-18)6-9-20(26)24-19-10-14-25(15-11-19)21-22-12-3-13-23-21/h3-9,12-13,16,19H,10-11,14-15H2,1-2H3,(H,24,26)/b9-6+. The van der Waals surface area contributed by atoms with Crippen molar-refractivity contribution in [2.75, 3.05) is 18.0 Å². The molecule has 0 bridgehead atoms. The minimum Gasteiger partial charge on any atom is -0.350 e. The second-order valence-corrected chi connectivity index (χ2v) is 6.97. The maximum atomic E-state index is 12.2. The quantitative estimate of drug-likeness (QED) is 0.840. The molecule has 136 valence electrons. The molecule has 0 aliphatic carbocycles. The van der Waals surface area contributed by atoms with E-state index in [4.69, 9.17) is 0 Å². The van der Waals surface area contributed by atoms with Gasteiger partial charge in [0.1, 0.15) is 0 Å². The van der Waals surface area contributed by atoms with Crippen LogP contribution in [0.2, 0.25) is 0 Å². The zero-order chi connectivity index (χ0) is 18.4. The van der Waals surface area contributed by atoms with E-state index < -0.39 is 0 Å². The molecular weight excluding hydrogens is 324 g/mol. The minimum absolute atomic E-state index is 0.0349. The first kappa shape index (κ1) is 18.1. The fourth-order valence-electron chi connectivity index (χ4n) is 3.09. The van der Waals surface area contributed by atoms with E-state index in [1.807, 2.05) is 12.1 Å². The summed E-state index contributed by atoms with van der Waals surface area (Å²) in [6, 6.07) is 10.4. The monoisotopic (exact) mass is 350 g/mol. The van der Waals surface area contributed by atoms with Crippen LogP contribution in [0, 0.1) is 0 Å². The molecule has 0 saturated carbocycles. The van der Waals surface area contributed by atoms with Gasteiger partial charge in [-0.2, -0.15) is 0 Å². The second-order valence-electron chi connectivity index (χ2n) is 6.97. The van der Waals surface area contributed by atoms with Crippen molar-refractivity contribution in [3.63, 3.8) is 0 Å². The van der Waals surface area contributed by atoms with Crippen LogP contribution in [0.25, 0.3) is 6.08 Å². The first-order valence-corrected chi connectivity index (χ1v) is 9.22. The Morgan fingerprint density at radius 2 is 1.81 bits per heavy atom. The zero-order valence-corrected chi connectivity index (χ0v) is 15.4. The molecule has 1 aromatic carbocycles. The lowest BCUT2D eigenvalue weighted by atomic mass is 10.0. The first-order valence-electron chi connectivity index (χ1n) is 9.22. The van der Waals surface area contributed by atoms with Crippen molar-refractivity contribution in [3.8, 4) is 0 Å². The Morgan fingerprint density at radius 1 is 1.15 bits per heavy atom. The predicted molar refractivity (Wildman–Crippen MR) is 105 cm³/mol. The molecule has 5 heteroatoms. The minimum atomic E-state index is -0.0349. The Bertz CT molecular complexity index is 732. The lowest BCUT2D eigenvalue weighted by Gasteiger charge is -2.32. The van der Waals surface area contributed by atoms with Crippen LogP contribution < -0.4 is 10.2 Å². The van der Waals surface area contributed by atoms with Gasteiger partial charge in [0, 0.05) is 37.6 Å². The van der Waals surface area contributed by atoms with Crippen molar-refractivity contribution in [2.24, 2.45) is 0 Å². The van der Waals surface area contributed by atoms with Crippen molar-refractivity contribution < 1.29 is 4.79 Å². The number of rotatable bonds is 5. The summed E-state index contributed by atoms with van der Waals surface area (Å²) in [6.07, 6.45) is 8.81. The number of carbonyl (C=O) groups is 1. The van der Waals surface area contributed by atoms with Crippen LogP contribution in [-0.4, -0.2) is 35.0 Å². The summed E-state index contributed by atoms with van der Waals surface area (Å²) in [5.74, 6) is 1.25. The maximum Gasteiger partial charge on any atom is 0.244 e. The third-order valence-electron chi connectivity index (χ3n) is 4.71. The first-order chi connectivity index (χ1) is 12.6. The van der Waals surface area contributed by atoms with E-state index in [0.29, 0.717) is 5.92 Å². The van der Waals surface area contributed by atoms with Crippen molar-refractivity contribution >= 4 is 17.9 Å². The topological polar surface area (TPSA) is 58.1 Å². The number of anilines is 1. The van der Waals surface area contributed by atoms with Gasteiger partial charge in [-0.25, -0.2) is 9.97 Å². The number of carbonyl (C=O) groups excluding carboxylic acids is 1. The molecule has 0 unspecified atom stereocenters. The largest absolute Gasteiger partial charge is 0.350 e. The Kier molecular flexibility index (Phi) is 6.00. The fourth-order valence-corrected chi connectivity index (χ4v) is 3.09. The normalized spacial score (nSPS) is 15.6. The van der Waals surface area contributed by atoms with Gasteiger partial charge in [-0.05, 0) is 42.0 Å². The summed E-state index contributed by atoms with van der Waals surface area (Å²) < 4.78 is 0. The lowest BCUT2D eigenvalue weighted by Crippen LogP contribution is -2.44. The molecule has 0 atom stereocenters. The number of amides is 1. The highest BCUT2D eigenvalue weighted by atomic mass is 16.1. The number of hydrogen-bond donors (Lipinski definition) is 1. The number of benzene rings is 1. The van der Waals surface area contributed by atoms with Crippen LogP contribution in [0.15, 0.2) is 48.8 Å². The molecular formula is C21H26N4O. The third-order valence-corrected chi connectivity index (χ3v) is 4.71. The van der Waals surface area contributed by atoms with Crippen LogP contribution in [0.1, 0.15) is 43.7 Å². The van der Waals surface area contributed by atoms with Gasteiger partial charge < -0.3 is 10.2 Å². The van der Waals surface area contributed by atoms with Crippen LogP contribution in [0.5, 0.6) is 0 Å². The highest BCUT2D eigenvalue weighted by Crippen LogP contribution is 2.16. The van der Waals surface area contributed by atoms with Gasteiger partial charge in [-0.1, -0.05) is 38.1 Å². The van der Waals surface area contributed by atoms with E-state index in [-0.39, 0.29) is 11.9 Å². The van der Waals surface area contributed by atoms with E-state index in [0.717, 1.165) is 37.4 Å². The van der Waals surface area contributed by atoms with Gasteiger partial charge in [0.05, 0.1) is 0 Å². The van der Waals surface area contributed by atoms with Crippen LogP contribution in [0.3, 0.4) is 0 Å². The third kappa shape index (κ3) is 4.91. The van der Waals surface area contributed by atoms with Crippen molar-refractivity contribution in [3.05, 3.63) is 59.9 Å². The van der Waals surface area contributed by atoms with Gasteiger partial charge >= 0.3 is 0 Å². The highest BCUT2D eigenvalue weighted by Gasteiger charge is 2.21. The highest BCUT2D eigenvalue weighted by molar-refractivity contribution is 5.91. The molecule has 3 rings (SSSR count). The molecule has 1 aliphatic heterocycles. The summed E-state index contributed by atoms with van der Waals surface area (Å²) in [6.45, 7) is 6.06. The molecule has 5 nitrogen and oxygen atoms in total. The van der Waals surface area contributed by atoms with Crippen molar-refractivity contribution in [1.82, 2.24) is 15.3 Å². The number of nitrogens with zero attached hydrogens (tertiary/aromatic N) is 3. The van der Waals surface area contributed by atoms with Gasteiger partial charge in [0.2, 0.25) is 11.9 Å². The predicted octanol–water partition coefficient (Wildman–Crippen LogP) is 3.40. The van der Waals surface area contributed by atoms with Crippen molar-refractivity contribution in [1.29, 1.82) is 0 Å². The Labute approximate surface area is 155 Å². The van der Waals surface area contributed by atoms with Crippen LogP contribution in [0.4, 0.5) is 5.95 Å². The van der Waals surface area contributed by atoms with E-state index >= 15 is 0 Å². The van der Waals surface area contributed by atoms with Crippen molar-refractivity contribution in [2.45, 2.75) is 38.6 Å². The molecule has 1 aliphatic rings. The molecule has 0 radical (unpaired) electrons. The molecule has 1 saturated heterocycles. The van der Waals surface area contributed by atoms with Gasteiger partial charge in [0.25, 0.3) is 0 Å². The number of nitrogens with one attached hydrogen (secondary N) is 1. The Balaban J connectivity index is 1.47. The average Bonchev–Trinajstić information content (AvgIpc) is 2.68. The van der Waals surface area contributed by atoms with E-state index in [1.165, 1.54) is 5.56 Å². The Hall–Kier alpha value is -2.69. The molecule has 1 amide bonds. The summed E-state index contributed by atoms with van der Waals surface area (Å²) in [5.41, 5.74) is 2.35. The molecule has 1 N–H and O–H groups in total. The van der Waals surface area contributed by atoms with E-state index in [9.17, 15) is 4.79 Å². The zero-order valence-electron chi connectivity index (χ0n) is 15.4. The molecule has 0 spiro atoms. The van der Waals surface area contributed by atoms with E-state index in [1.54, 1.807) is 18.5 Å². The smallest absolute Gasteiger partial charge is 0.244 e. The van der Waals surface area contributed by atoms with Crippen LogP contribution >= 0.6 is 0 Å². The molecule has 2 heterocycles. The summed E-state index contributed by atoms with van der Waals surface area (Å²) in [5, 5.41) is 3.10. The van der Waals surface area contributed by atoms with Gasteiger partial charge in [-0.3, -0.25) is 4.79 Å². The van der Waals surface area contributed by atoms with E-state index in [2.05, 4.69) is 58.3 Å². The number of piperidine rings is 1. The molecule has 1 aromatic heterocycles. The number of aromatic nitrogens is 2. The van der Waals surface area contributed by atoms with Crippen LogP contribution in [-0.2, 0) is 4.79 Å². The summed E-state index contributed by atoms with van der Waals surface area (Å²) >= 11 is 0. The summed E-state index contributed by atoms with van der Waals surface area (Å²) in [4.78, 5) is 22.9. The lowest BCUT2D eigenvalue weighted by molar-refractivity contribution is -0.117. The van der Waals surface area contributed by atoms with Gasteiger partial charge in [-0.15, -0.1) is 0 Å². The second kappa shape index (κ2) is 8.61. The van der Waals surface area contributed by atoms with Gasteiger partial charge in [0.15, 0.2) is 0 Å². The summed E-state index contributed by atoms with van der Waals surface area (Å²) in [7, 11) is 0. The SMILES string of the molecule is CC(C)c1ccc(/C=C/C(=O)NC2CCN(c3ncccn3)CC2)cc1. The Morgan fingerprint density at radius 3 is 2.42 bits per heavy atom.